The van der Waals surface area contributed by atoms with Gasteiger partial charge < -0.3 is 14.8 Å². The van der Waals surface area contributed by atoms with Crippen LogP contribution in [0.25, 0.3) is 0 Å². The van der Waals surface area contributed by atoms with E-state index in [1.165, 1.54) is 0 Å². The van der Waals surface area contributed by atoms with Crippen molar-refractivity contribution in [2.24, 2.45) is 5.92 Å². The van der Waals surface area contributed by atoms with E-state index >= 15 is 0 Å². The molecule has 6 nitrogen and oxygen atoms in total. The van der Waals surface area contributed by atoms with Crippen LogP contribution in [0.4, 0.5) is 4.79 Å². The van der Waals surface area contributed by atoms with Crippen LogP contribution in [0.3, 0.4) is 0 Å². The van der Waals surface area contributed by atoms with E-state index in [4.69, 9.17) is 4.74 Å². The molecule has 6 heteroatoms. The highest BCUT2D eigenvalue weighted by Crippen LogP contribution is 2.21. The van der Waals surface area contributed by atoms with E-state index in [-0.39, 0.29) is 6.42 Å². The van der Waals surface area contributed by atoms with E-state index in [0.717, 1.165) is 11.1 Å². The van der Waals surface area contributed by atoms with Crippen molar-refractivity contribution in [3.8, 4) is 0 Å². The third-order valence-corrected chi connectivity index (χ3v) is 3.30. The lowest BCUT2D eigenvalue weighted by Gasteiger charge is -2.19. The molecule has 1 aromatic rings. The zero-order valence-corrected chi connectivity index (χ0v) is 13.5. The summed E-state index contributed by atoms with van der Waals surface area (Å²) in [6.45, 7) is 5.78. The Morgan fingerprint density at radius 3 is 2.35 bits per heavy atom. The molecule has 124 valence electrons. The van der Waals surface area contributed by atoms with Gasteiger partial charge in [-0.05, 0) is 38.3 Å². The standard InChI is InChI=1S/C17H21NO5/c1-17(2,3)23-16(21)18-10-12-6-4-11(5-7-12)8-13-9-14(19)22-15(13)20/h4-7,13H,8-10H2,1-3H3,(H,18,21). The minimum Gasteiger partial charge on any atom is -0.444 e. The summed E-state index contributed by atoms with van der Waals surface area (Å²) in [7, 11) is 0. The van der Waals surface area contributed by atoms with E-state index in [2.05, 4.69) is 10.1 Å². The molecule has 1 N–H and O–H groups in total. The molecule has 2 rings (SSSR count). The fourth-order valence-electron chi connectivity index (χ4n) is 2.24. The number of amides is 1. The van der Waals surface area contributed by atoms with E-state index in [1.807, 2.05) is 24.3 Å². The lowest BCUT2D eigenvalue weighted by molar-refractivity contribution is -0.153. The topological polar surface area (TPSA) is 81.7 Å². The third-order valence-electron chi connectivity index (χ3n) is 3.30. The van der Waals surface area contributed by atoms with Crippen LogP contribution in [0, 0.1) is 5.92 Å². The Hall–Kier alpha value is -2.37. The molecule has 1 aliphatic rings. The lowest BCUT2D eigenvalue weighted by atomic mass is 9.97. The molecule has 0 spiro atoms. The van der Waals surface area contributed by atoms with Crippen LogP contribution in [0.2, 0.25) is 0 Å². The number of ether oxygens (including phenoxy) is 2. The predicted octanol–water partition coefficient (Wildman–Crippen LogP) is 2.34. The van der Waals surface area contributed by atoms with Crippen molar-refractivity contribution < 1.29 is 23.9 Å². The molecule has 1 unspecified atom stereocenters. The highest BCUT2D eigenvalue weighted by Gasteiger charge is 2.33. The predicted molar refractivity (Wildman–Crippen MR) is 82.4 cm³/mol. The maximum absolute atomic E-state index is 11.6. The highest BCUT2D eigenvalue weighted by atomic mass is 16.6. The average molecular weight is 319 g/mol. The van der Waals surface area contributed by atoms with Crippen molar-refractivity contribution in [2.75, 3.05) is 0 Å². The number of carbonyl (C=O) groups is 3. The van der Waals surface area contributed by atoms with E-state index in [0.29, 0.717) is 13.0 Å². The molecular weight excluding hydrogens is 298 g/mol. The summed E-state index contributed by atoms with van der Waals surface area (Å²) in [6, 6.07) is 7.49. The van der Waals surface area contributed by atoms with Gasteiger partial charge in [0.2, 0.25) is 0 Å². The molecule has 0 aliphatic carbocycles. The number of hydrogen-bond donors (Lipinski definition) is 1. The summed E-state index contributed by atoms with van der Waals surface area (Å²) in [4.78, 5) is 34.1. The van der Waals surface area contributed by atoms with Gasteiger partial charge in [0.15, 0.2) is 0 Å². The Balaban J connectivity index is 1.84. The maximum Gasteiger partial charge on any atom is 0.407 e. The first kappa shape index (κ1) is 17.0. The van der Waals surface area contributed by atoms with Crippen molar-refractivity contribution in [3.05, 3.63) is 35.4 Å². The average Bonchev–Trinajstić information content (AvgIpc) is 2.74. The summed E-state index contributed by atoms with van der Waals surface area (Å²) in [6.07, 6.45) is 0.152. The fraction of sp³-hybridized carbons (Fsp3) is 0.471. The zero-order chi connectivity index (χ0) is 17.0. The van der Waals surface area contributed by atoms with E-state index in [1.54, 1.807) is 20.8 Å². The van der Waals surface area contributed by atoms with Crippen molar-refractivity contribution in [3.63, 3.8) is 0 Å². The molecule has 1 atom stereocenters. The van der Waals surface area contributed by atoms with Gasteiger partial charge in [0, 0.05) is 6.54 Å². The van der Waals surface area contributed by atoms with Crippen LogP contribution in [0.15, 0.2) is 24.3 Å². The minimum atomic E-state index is -0.527. The van der Waals surface area contributed by atoms with Crippen LogP contribution in [0.5, 0.6) is 0 Å². The largest absolute Gasteiger partial charge is 0.444 e. The number of nitrogens with one attached hydrogen (secondary N) is 1. The fourth-order valence-corrected chi connectivity index (χ4v) is 2.24. The van der Waals surface area contributed by atoms with Crippen LogP contribution < -0.4 is 5.32 Å². The Kier molecular flexibility index (Phi) is 5.03. The smallest absolute Gasteiger partial charge is 0.407 e. The number of esters is 2. The molecule has 1 amide bonds. The first-order valence-corrected chi connectivity index (χ1v) is 7.52. The number of benzene rings is 1. The summed E-state index contributed by atoms with van der Waals surface area (Å²) in [5, 5.41) is 2.68. The van der Waals surface area contributed by atoms with Crippen LogP contribution in [0.1, 0.15) is 38.3 Å². The number of alkyl carbamates (subject to hydrolysis) is 1. The van der Waals surface area contributed by atoms with Gasteiger partial charge in [-0.1, -0.05) is 24.3 Å². The molecule has 0 saturated carbocycles. The number of hydrogen-bond acceptors (Lipinski definition) is 5. The second-order valence-corrected chi connectivity index (χ2v) is 6.57. The summed E-state index contributed by atoms with van der Waals surface area (Å²) < 4.78 is 9.70. The van der Waals surface area contributed by atoms with Gasteiger partial charge in [0.25, 0.3) is 0 Å². The maximum atomic E-state index is 11.6. The second kappa shape index (κ2) is 6.81. The van der Waals surface area contributed by atoms with Crippen molar-refractivity contribution in [1.82, 2.24) is 5.32 Å². The first-order chi connectivity index (χ1) is 10.7. The number of cyclic esters (lactones) is 2. The van der Waals surface area contributed by atoms with Gasteiger partial charge in [-0.2, -0.15) is 0 Å². The monoisotopic (exact) mass is 319 g/mol. The van der Waals surface area contributed by atoms with Gasteiger partial charge in [-0.15, -0.1) is 0 Å². The quantitative estimate of drug-likeness (QED) is 0.680. The molecule has 1 saturated heterocycles. The van der Waals surface area contributed by atoms with Crippen molar-refractivity contribution in [1.29, 1.82) is 0 Å². The summed E-state index contributed by atoms with van der Waals surface area (Å²) in [5.74, 6) is -1.31. The molecular formula is C17H21NO5. The van der Waals surface area contributed by atoms with Gasteiger partial charge in [0.1, 0.15) is 5.60 Å². The second-order valence-electron chi connectivity index (χ2n) is 6.57. The number of carbonyl (C=O) groups excluding carboxylic acids is 3. The SMILES string of the molecule is CC(C)(C)OC(=O)NCc1ccc(CC2CC(=O)OC2=O)cc1. The summed E-state index contributed by atoms with van der Waals surface area (Å²) >= 11 is 0. The Morgan fingerprint density at radius 1 is 1.22 bits per heavy atom. The molecule has 1 aromatic carbocycles. The van der Waals surface area contributed by atoms with Crippen LogP contribution >= 0.6 is 0 Å². The molecule has 23 heavy (non-hydrogen) atoms. The molecule has 1 heterocycles. The molecule has 1 fully saturated rings. The zero-order valence-electron chi connectivity index (χ0n) is 13.5. The Morgan fingerprint density at radius 2 is 1.83 bits per heavy atom. The lowest BCUT2D eigenvalue weighted by Crippen LogP contribution is -2.32. The summed E-state index contributed by atoms with van der Waals surface area (Å²) in [5.41, 5.74) is 1.34. The molecule has 1 aliphatic heterocycles. The minimum absolute atomic E-state index is 0.140. The van der Waals surface area contributed by atoms with Gasteiger partial charge in [0.05, 0.1) is 12.3 Å². The highest BCUT2D eigenvalue weighted by molar-refractivity contribution is 5.94. The van der Waals surface area contributed by atoms with Gasteiger partial charge in [-0.25, -0.2) is 4.79 Å². The van der Waals surface area contributed by atoms with Gasteiger partial charge >= 0.3 is 18.0 Å². The number of rotatable bonds is 4. The van der Waals surface area contributed by atoms with Crippen LogP contribution in [-0.4, -0.2) is 23.6 Å². The third kappa shape index (κ3) is 5.39. The normalized spacial score (nSPS) is 17.8. The van der Waals surface area contributed by atoms with E-state index < -0.39 is 29.6 Å². The van der Waals surface area contributed by atoms with Crippen molar-refractivity contribution >= 4 is 18.0 Å². The Labute approximate surface area is 135 Å². The molecule has 0 aromatic heterocycles. The van der Waals surface area contributed by atoms with Gasteiger partial charge in [-0.3, -0.25) is 9.59 Å². The van der Waals surface area contributed by atoms with E-state index in [9.17, 15) is 14.4 Å². The molecule has 0 radical (unpaired) electrons. The molecule has 0 bridgehead atoms. The Bertz CT molecular complexity index is 600. The van der Waals surface area contributed by atoms with Crippen molar-refractivity contribution in [2.45, 2.75) is 45.8 Å². The first-order valence-electron chi connectivity index (χ1n) is 7.52. The van der Waals surface area contributed by atoms with Crippen LogP contribution in [-0.2, 0) is 32.0 Å².